The predicted octanol–water partition coefficient (Wildman–Crippen LogP) is 2.92. The van der Waals surface area contributed by atoms with Crippen LogP contribution in [0.25, 0.3) is 10.9 Å². The molecule has 5 nitrogen and oxygen atoms in total. The molecule has 0 spiro atoms. The number of ether oxygens (including phenoxy) is 1. The van der Waals surface area contributed by atoms with Crippen molar-refractivity contribution in [1.82, 2.24) is 10.3 Å². The topological polar surface area (TPSA) is 68.3 Å². The van der Waals surface area contributed by atoms with Gasteiger partial charge >= 0.3 is 5.97 Å². The number of nitrogens with zero attached hydrogens (tertiary/aromatic N) is 1. The molecule has 1 aromatic heterocycles. The molecule has 5 heteroatoms. The number of rotatable bonds is 3. The summed E-state index contributed by atoms with van der Waals surface area (Å²) in [4.78, 5) is 28.6. The maximum absolute atomic E-state index is 12.4. The summed E-state index contributed by atoms with van der Waals surface area (Å²) in [5.74, 6) is -0.840. The van der Waals surface area contributed by atoms with Gasteiger partial charge in [-0.2, -0.15) is 0 Å². The van der Waals surface area contributed by atoms with Crippen LogP contribution in [0.4, 0.5) is 0 Å². The van der Waals surface area contributed by atoms with E-state index in [-0.39, 0.29) is 18.1 Å². The molecule has 0 saturated heterocycles. The highest BCUT2D eigenvalue weighted by Crippen LogP contribution is 2.20. The first-order valence-electron chi connectivity index (χ1n) is 7.52. The van der Waals surface area contributed by atoms with Crippen LogP contribution in [0, 0.1) is 13.8 Å². The Balaban J connectivity index is 2.21. The zero-order valence-corrected chi connectivity index (χ0v) is 14.2. The van der Waals surface area contributed by atoms with Crippen molar-refractivity contribution in [2.45, 2.75) is 40.2 Å². The molecule has 0 fully saturated rings. The smallest absolute Gasteiger partial charge is 0.339 e. The third kappa shape index (κ3) is 4.52. The molecule has 0 saturated carbocycles. The fourth-order valence-electron chi connectivity index (χ4n) is 2.30. The Kier molecular flexibility index (Phi) is 4.68. The highest BCUT2D eigenvalue weighted by Gasteiger charge is 2.18. The molecule has 23 heavy (non-hydrogen) atoms. The van der Waals surface area contributed by atoms with Gasteiger partial charge in [0.1, 0.15) is 0 Å². The Labute approximate surface area is 136 Å². The number of nitrogens with one attached hydrogen (secondary N) is 1. The first-order chi connectivity index (χ1) is 10.7. The summed E-state index contributed by atoms with van der Waals surface area (Å²) in [5, 5.41) is 3.49. The van der Waals surface area contributed by atoms with E-state index >= 15 is 0 Å². The monoisotopic (exact) mass is 314 g/mol. The molecular weight excluding hydrogens is 292 g/mol. The van der Waals surface area contributed by atoms with Gasteiger partial charge in [-0.1, -0.05) is 11.6 Å². The second-order valence-electron chi connectivity index (χ2n) is 6.71. The number of benzene rings is 1. The van der Waals surface area contributed by atoms with E-state index in [0.717, 1.165) is 22.2 Å². The second kappa shape index (κ2) is 6.36. The molecule has 0 aliphatic carbocycles. The van der Waals surface area contributed by atoms with Crippen LogP contribution in [0.1, 0.15) is 42.4 Å². The van der Waals surface area contributed by atoms with Crippen LogP contribution in [0.2, 0.25) is 0 Å². The van der Waals surface area contributed by atoms with Crippen molar-refractivity contribution in [1.29, 1.82) is 0 Å². The van der Waals surface area contributed by atoms with Crippen molar-refractivity contribution < 1.29 is 14.3 Å². The third-order valence-corrected chi connectivity index (χ3v) is 3.16. The minimum absolute atomic E-state index is 0.301. The largest absolute Gasteiger partial charge is 0.452 e. The maximum atomic E-state index is 12.4. The summed E-state index contributed by atoms with van der Waals surface area (Å²) in [6, 6.07) is 7.40. The Hall–Kier alpha value is -2.43. The Morgan fingerprint density at radius 2 is 1.87 bits per heavy atom. The molecule has 1 aromatic carbocycles. The predicted molar refractivity (Wildman–Crippen MR) is 89.4 cm³/mol. The summed E-state index contributed by atoms with van der Waals surface area (Å²) in [7, 11) is 0. The van der Waals surface area contributed by atoms with Crippen LogP contribution in [-0.2, 0) is 9.53 Å². The second-order valence-corrected chi connectivity index (χ2v) is 6.71. The normalized spacial score (nSPS) is 11.3. The van der Waals surface area contributed by atoms with E-state index in [2.05, 4.69) is 10.3 Å². The molecule has 2 aromatic rings. The molecule has 2 rings (SSSR count). The van der Waals surface area contributed by atoms with E-state index in [1.54, 1.807) is 6.07 Å². The number of fused-ring (bicyclic) bond motifs is 1. The number of hydrogen-bond donors (Lipinski definition) is 1. The summed E-state index contributed by atoms with van der Waals surface area (Å²) < 4.78 is 5.16. The summed E-state index contributed by atoms with van der Waals surface area (Å²) in [6.45, 7) is 9.08. The fraction of sp³-hybridized carbons (Fsp3) is 0.389. The van der Waals surface area contributed by atoms with Gasteiger partial charge in [0.05, 0.1) is 11.1 Å². The molecule has 0 radical (unpaired) electrons. The van der Waals surface area contributed by atoms with E-state index in [1.165, 1.54) is 0 Å². The van der Waals surface area contributed by atoms with Crippen LogP contribution in [0.15, 0.2) is 24.3 Å². The first-order valence-corrected chi connectivity index (χ1v) is 7.52. The van der Waals surface area contributed by atoms with Gasteiger partial charge < -0.3 is 10.1 Å². The average molecular weight is 314 g/mol. The number of carbonyl (C=O) groups is 2. The number of aromatic nitrogens is 1. The number of hydrogen-bond acceptors (Lipinski definition) is 4. The SMILES string of the molecule is Cc1ccc2nc(C)cc(C(=O)OCC(=O)NC(C)(C)C)c2c1. The zero-order valence-electron chi connectivity index (χ0n) is 14.2. The summed E-state index contributed by atoms with van der Waals surface area (Å²) in [5.41, 5.74) is 2.57. The zero-order chi connectivity index (χ0) is 17.2. The number of esters is 1. The lowest BCUT2D eigenvalue weighted by atomic mass is 10.1. The van der Waals surface area contributed by atoms with Gasteiger partial charge in [-0.05, 0) is 52.8 Å². The van der Waals surface area contributed by atoms with Crippen LogP contribution >= 0.6 is 0 Å². The molecule has 0 aliphatic heterocycles. The van der Waals surface area contributed by atoms with Gasteiger partial charge in [0.2, 0.25) is 0 Å². The number of aryl methyl sites for hydroxylation is 2. The van der Waals surface area contributed by atoms with Gasteiger partial charge in [-0.15, -0.1) is 0 Å². The van der Waals surface area contributed by atoms with Crippen molar-refractivity contribution in [2.24, 2.45) is 0 Å². The molecule has 0 aliphatic rings. The number of carbonyl (C=O) groups excluding carboxylic acids is 2. The van der Waals surface area contributed by atoms with Gasteiger partial charge in [0.25, 0.3) is 5.91 Å². The van der Waals surface area contributed by atoms with E-state index in [9.17, 15) is 9.59 Å². The molecule has 0 unspecified atom stereocenters. The molecule has 1 heterocycles. The van der Waals surface area contributed by atoms with Crippen LogP contribution < -0.4 is 5.32 Å². The number of amides is 1. The number of pyridine rings is 1. The maximum Gasteiger partial charge on any atom is 0.339 e. The van der Waals surface area contributed by atoms with Crippen molar-refractivity contribution in [3.05, 3.63) is 41.1 Å². The van der Waals surface area contributed by atoms with Gasteiger partial charge in [-0.3, -0.25) is 9.78 Å². The molecule has 122 valence electrons. The minimum atomic E-state index is -0.518. The molecular formula is C18H22N2O3. The van der Waals surface area contributed by atoms with Crippen molar-refractivity contribution >= 4 is 22.8 Å². The standard InChI is InChI=1S/C18H22N2O3/c1-11-6-7-15-13(8-11)14(9-12(2)19-15)17(22)23-10-16(21)20-18(3,4)5/h6-9H,10H2,1-5H3,(H,20,21). The molecule has 1 amide bonds. The lowest BCUT2D eigenvalue weighted by Crippen LogP contribution is -2.42. The van der Waals surface area contributed by atoms with Crippen molar-refractivity contribution in [3.8, 4) is 0 Å². The van der Waals surface area contributed by atoms with Crippen molar-refractivity contribution in [3.63, 3.8) is 0 Å². The Morgan fingerprint density at radius 3 is 2.52 bits per heavy atom. The molecule has 0 bridgehead atoms. The van der Waals surface area contributed by atoms with Crippen LogP contribution in [0.3, 0.4) is 0 Å². The quantitative estimate of drug-likeness (QED) is 0.885. The fourth-order valence-corrected chi connectivity index (χ4v) is 2.30. The van der Waals surface area contributed by atoms with E-state index < -0.39 is 5.97 Å². The highest BCUT2D eigenvalue weighted by molar-refractivity contribution is 6.04. The van der Waals surface area contributed by atoms with Gasteiger partial charge in [0, 0.05) is 16.6 Å². The Morgan fingerprint density at radius 1 is 1.17 bits per heavy atom. The lowest BCUT2D eigenvalue weighted by molar-refractivity contribution is -0.125. The summed E-state index contributed by atoms with van der Waals surface area (Å²) >= 11 is 0. The molecule has 0 atom stereocenters. The van der Waals surface area contributed by atoms with Gasteiger partial charge in [-0.25, -0.2) is 4.79 Å². The lowest BCUT2D eigenvalue weighted by Gasteiger charge is -2.20. The summed E-state index contributed by atoms with van der Waals surface area (Å²) in [6.07, 6.45) is 0. The van der Waals surface area contributed by atoms with E-state index in [0.29, 0.717) is 5.56 Å². The molecule has 1 N–H and O–H groups in total. The first kappa shape index (κ1) is 16.9. The minimum Gasteiger partial charge on any atom is -0.452 e. The Bertz CT molecular complexity index is 761. The van der Waals surface area contributed by atoms with E-state index in [1.807, 2.05) is 52.8 Å². The third-order valence-electron chi connectivity index (χ3n) is 3.16. The average Bonchev–Trinajstić information content (AvgIpc) is 2.42. The van der Waals surface area contributed by atoms with Gasteiger partial charge in [0.15, 0.2) is 6.61 Å². The van der Waals surface area contributed by atoms with Crippen LogP contribution in [-0.4, -0.2) is 29.0 Å². The van der Waals surface area contributed by atoms with Crippen molar-refractivity contribution in [2.75, 3.05) is 6.61 Å². The van der Waals surface area contributed by atoms with Crippen LogP contribution in [0.5, 0.6) is 0 Å². The highest BCUT2D eigenvalue weighted by atomic mass is 16.5. The van der Waals surface area contributed by atoms with E-state index in [4.69, 9.17) is 4.74 Å².